The first-order chi connectivity index (χ1) is 13.9. The van der Waals surface area contributed by atoms with Gasteiger partial charge >= 0.3 is 5.97 Å². The summed E-state index contributed by atoms with van der Waals surface area (Å²) in [6.07, 6.45) is 2.12. The topological polar surface area (TPSA) is 117 Å². The van der Waals surface area contributed by atoms with Gasteiger partial charge in [-0.1, -0.05) is 18.9 Å². The van der Waals surface area contributed by atoms with Gasteiger partial charge in [-0.15, -0.1) is 0 Å². The van der Waals surface area contributed by atoms with Crippen molar-refractivity contribution in [3.8, 4) is 6.07 Å². The van der Waals surface area contributed by atoms with Crippen molar-refractivity contribution in [1.82, 2.24) is 4.90 Å². The van der Waals surface area contributed by atoms with Crippen molar-refractivity contribution in [1.29, 1.82) is 5.26 Å². The van der Waals surface area contributed by atoms with Crippen molar-refractivity contribution in [2.24, 2.45) is 11.8 Å². The molecule has 0 radical (unpaired) electrons. The lowest BCUT2D eigenvalue weighted by Gasteiger charge is -2.19. The highest BCUT2D eigenvalue weighted by Gasteiger charge is 2.47. The molecule has 2 fully saturated rings. The number of amides is 3. The third-order valence-electron chi connectivity index (χ3n) is 5.41. The van der Waals surface area contributed by atoms with E-state index in [-0.39, 0.29) is 36.6 Å². The Kier molecular flexibility index (Phi) is 6.27. The summed E-state index contributed by atoms with van der Waals surface area (Å²) in [5.74, 6) is -2.09. The van der Waals surface area contributed by atoms with Gasteiger partial charge in [-0.2, -0.15) is 5.26 Å². The first-order valence-corrected chi connectivity index (χ1v) is 9.76. The molecule has 1 heterocycles. The molecule has 3 amide bonds. The number of likely N-dealkylation sites (tertiary alicyclic amines) is 1. The molecule has 1 saturated heterocycles. The molecule has 1 aromatic carbocycles. The maximum Gasteiger partial charge on any atom is 0.308 e. The van der Waals surface area contributed by atoms with E-state index in [9.17, 15) is 19.2 Å². The predicted molar refractivity (Wildman–Crippen MR) is 102 cm³/mol. The Morgan fingerprint density at radius 1 is 1.24 bits per heavy atom. The summed E-state index contributed by atoms with van der Waals surface area (Å²) >= 11 is 0. The van der Waals surface area contributed by atoms with Gasteiger partial charge in [0.05, 0.1) is 29.9 Å². The summed E-state index contributed by atoms with van der Waals surface area (Å²) in [5.41, 5.74) is 0.820. The van der Waals surface area contributed by atoms with Gasteiger partial charge in [-0.25, -0.2) is 0 Å². The van der Waals surface area contributed by atoms with Crippen LogP contribution in [0.4, 0.5) is 5.69 Å². The molecule has 3 atom stereocenters. The number of hydrogen-bond acceptors (Lipinski definition) is 6. The second-order valence-electron chi connectivity index (χ2n) is 7.39. The number of hydrogen-bond donors (Lipinski definition) is 1. The number of ether oxygens (including phenoxy) is 1. The molecule has 0 unspecified atom stereocenters. The van der Waals surface area contributed by atoms with Gasteiger partial charge in [0.15, 0.2) is 6.10 Å². The van der Waals surface area contributed by atoms with Crippen LogP contribution in [0.25, 0.3) is 0 Å². The number of carbonyl (C=O) groups is 4. The molecule has 152 valence electrons. The molecule has 0 bridgehead atoms. The lowest BCUT2D eigenvalue weighted by atomic mass is 9.81. The quantitative estimate of drug-likeness (QED) is 0.580. The fraction of sp³-hybridized carbons (Fsp3) is 0.476. The fourth-order valence-corrected chi connectivity index (χ4v) is 3.87. The van der Waals surface area contributed by atoms with Crippen LogP contribution in [0.1, 0.15) is 44.6 Å². The number of rotatable bonds is 6. The monoisotopic (exact) mass is 397 g/mol. The van der Waals surface area contributed by atoms with Crippen molar-refractivity contribution >= 4 is 29.4 Å². The number of esters is 1. The van der Waals surface area contributed by atoms with Crippen LogP contribution < -0.4 is 5.32 Å². The molecular weight excluding hydrogens is 374 g/mol. The summed E-state index contributed by atoms with van der Waals surface area (Å²) < 4.78 is 5.12. The van der Waals surface area contributed by atoms with Crippen LogP contribution in [-0.4, -0.2) is 41.2 Å². The zero-order valence-electron chi connectivity index (χ0n) is 16.2. The second kappa shape index (κ2) is 8.86. The molecule has 3 rings (SSSR count). The number of carbonyl (C=O) groups excluding carboxylic acids is 4. The van der Waals surface area contributed by atoms with Crippen LogP contribution >= 0.6 is 0 Å². The van der Waals surface area contributed by atoms with Crippen LogP contribution in [0.5, 0.6) is 0 Å². The molecule has 2 aliphatic rings. The van der Waals surface area contributed by atoms with Gasteiger partial charge in [-0.3, -0.25) is 24.1 Å². The normalized spacial score (nSPS) is 21.9. The van der Waals surface area contributed by atoms with Crippen LogP contribution in [0.2, 0.25) is 0 Å². The van der Waals surface area contributed by atoms with E-state index in [2.05, 4.69) is 5.32 Å². The first-order valence-electron chi connectivity index (χ1n) is 9.76. The van der Waals surface area contributed by atoms with E-state index in [4.69, 9.17) is 10.00 Å². The molecular formula is C21H23N3O5. The lowest BCUT2D eigenvalue weighted by Crippen LogP contribution is -2.35. The third-order valence-corrected chi connectivity index (χ3v) is 5.41. The van der Waals surface area contributed by atoms with Gasteiger partial charge < -0.3 is 10.1 Å². The number of nitrogens with one attached hydrogen (secondary N) is 1. The standard InChI is InChI=1S/C21H23N3O5/c1-13(19(26)23-15-6-4-5-14(11-15)12-22)29-18(25)9-10-24-20(27)16-7-2-3-8-17(16)21(24)28/h4-6,11,13,16-17H,2-3,7-10H2,1H3,(H,23,26)/t13-,16-,17-/m0/s1. The van der Waals surface area contributed by atoms with E-state index < -0.39 is 18.0 Å². The Hall–Kier alpha value is -3.21. The summed E-state index contributed by atoms with van der Waals surface area (Å²) in [4.78, 5) is 50.3. The SMILES string of the molecule is C[C@H](OC(=O)CCN1C(=O)[C@H]2CCCC[C@@H]2C1=O)C(=O)Nc1cccc(C#N)c1. The molecule has 8 heteroatoms. The van der Waals surface area contributed by atoms with E-state index in [1.54, 1.807) is 18.2 Å². The minimum Gasteiger partial charge on any atom is -0.452 e. The predicted octanol–water partition coefficient (Wildman–Crippen LogP) is 1.99. The van der Waals surface area contributed by atoms with E-state index in [1.165, 1.54) is 17.9 Å². The minimum atomic E-state index is -1.05. The van der Waals surface area contributed by atoms with Crippen molar-refractivity contribution in [3.63, 3.8) is 0 Å². The van der Waals surface area contributed by atoms with Crippen molar-refractivity contribution in [2.75, 3.05) is 11.9 Å². The highest BCUT2D eigenvalue weighted by atomic mass is 16.5. The van der Waals surface area contributed by atoms with Gasteiger partial charge in [0.25, 0.3) is 5.91 Å². The van der Waals surface area contributed by atoms with Gasteiger partial charge in [0, 0.05) is 12.2 Å². The van der Waals surface area contributed by atoms with Gasteiger partial charge in [0.2, 0.25) is 11.8 Å². The zero-order chi connectivity index (χ0) is 21.0. The molecule has 1 N–H and O–H groups in total. The number of benzene rings is 1. The average molecular weight is 397 g/mol. The van der Waals surface area contributed by atoms with Crippen LogP contribution in [0, 0.1) is 23.2 Å². The number of nitriles is 1. The number of imide groups is 1. The average Bonchev–Trinajstić information content (AvgIpc) is 2.97. The summed E-state index contributed by atoms with van der Waals surface area (Å²) in [6, 6.07) is 8.35. The Balaban J connectivity index is 1.48. The summed E-state index contributed by atoms with van der Waals surface area (Å²) in [5, 5.41) is 11.5. The number of nitrogens with zero attached hydrogens (tertiary/aromatic N) is 2. The van der Waals surface area contributed by atoms with E-state index in [1.807, 2.05) is 6.07 Å². The molecule has 8 nitrogen and oxygen atoms in total. The van der Waals surface area contributed by atoms with Gasteiger partial charge in [0.1, 0.15) is 0 Å². The summed E-state index contributed by atoms with van der Waals surface area (Å²) in [7, 11) is 0. The molecule has 1 aromatic rings. The highest BCUT2D eigenvalue weighted by Crippen LogP contribution is 2.37. The largest absolute Gasteiger partial charge is 0.452 e. The number of fused-ring (bicyclic) bond motifs is 1. The minimum absolute atomic E-state index is 0.0257. The van der Waals surface area contributed by atoms with Crippen molar-refractivity contribution in [3.05, 3.63) is 29.8 Å². The van der Waals surface area contributed by atoms with Crippen LogP contribution in [-0.2, 0) is 23.9 Å². The lowest BCUT2D eigenvalue weighted by molar-refractivity contribution is -0.154. The van der Waals surface area contributed by atoms with E-state index in [0.717, 1.165) is 25.7 Å². The summed E-state index contributed by atoms with van der Waals surface area (Å²) in [6.45, 7) is 1.41. The molecule has 0 spiro atoms. The van der Waals surface area contributed by atoms with E-state index in [0.29, 0.717) is 11.3 Å². The molecule has 1 aliphatic heterocycles. The van der Waals surface area contributed by atoms with Crippen molar-refractivity contribution in [2.45, 2.75) is 45.1 Å². The maximum absolute atomic E-state index is 12.4. The Labute approximate surface area is 168 Å². The van der Waals surface area contributed by atoms with Crippen LogP contribution in [0.15, 0.2) is 24.3 Å². The molecule has 1 saturated carbocycles. The molecule has 1 aliphatic carbocycles. The number of anilines is 1. The van der Waals surface area contributed by atoms with Crippen LogP contribution in [0.3, 0.4) is 0 Å². The second-order valence-corrected chi connectivity index (χ2v) is 7.39. The third kappa shape index (κ3) is 4.62. The maximum atomic E-state index is 12.4. The smallest absolute Gasteiger partial charge is 0.308 e. The Bertz CT molecular complexity index is 851. The zero-order valence-corrected chi connectivity index (χ0v) is 16.2. The molecule has 0 aromatic heterocycles. The van der Waals surface area contributed by atoms with Crippen molar-refractivity contribution < 1.29 is 23.9 Å². The Morgan fingerprint density at radius 3 is 2.52 bits per heavy atom. The van der Waals surface area contributed by atoms with Gasteiger partial charge in [-0.05, 0) is 38.0 Å². The highest BCUT2D eigenvalue weighted by molar-refractivity contribution is 6.05. The first kappa shape index (κ1) is 20.5. The Morgan fingerprint density at radius 2 is 1.90 bits per heavy atom. The molecule has 29 heavy (non-hydrogen) atoms. The fourth-order valence-electron chi connectivity index (χ4n) is 3.87. The van der Waals surface area contributed by atoms with E-state index >= 15 is 0 Å².